The number of thiazole rings is 1. The highest BCUT2D eigenvalue weighted by Crippen LogP contribution is 2.30. The fourth-order valence-electron chi connectivity index (χ4n) is 4.07. The third-order valence-electron chi connectivity index (χ3n) is 5.72. The van der Waals surface area contributed by atoms with Gasteiger partial charge in [0.2, 0.25) is 5.91 Å². The van der Waals surface area contributed by atoms with E-state index < -0.39 is 0 Å². The average molecular weight is 431 g/mol. The van der Waals surface area contributed by atoms with Crippen LogP contribution in [0.5, 0.6) is 0 Å². The summed E-state index contributed by atoms with van der Waals surface area (Å²) in [6.07, 6.45) is 1.78. The zero-order valence-corrected chi connectivity index (χ0v) is 18.3. The van der Waals surface area contributed by atoms with E-state index in [0.717, 1.165) is 39.4 Å². The molecule has 5 rings (SSSR count). The summed E-state index contributed by atoms with van der Waals surface area (Å²) >= 11 is 1.46. The van der Waals surface area contributed by atoms with Gasteiger partial charge in [-0.15, -0.1) is 11.3 Å². The van der Waals surface area contributed by atoms with Crippen LogP contribution in [0.15, 0.2) is 53.3 Å². The van der Waals surface area contributed by atoms with Crippen LogP contribution in [0.3, 0.4) is 0 Å². The third-order valence-corrected chi connectivity index (χ3v) is 6.69. The minimum absolute atomic E-state index is 0.111. The maximum Gasteiger partial charge on any atom is 0.294 e. The molecule has 3 heterocycles. The Kier molecular flexibility index (Phi) is 4.90. The maximum atomic E-state index is 13.1. The Hall–Kier alpha value is -3.32. The summed E-state index contributed by atoms with van der Waals surface area (Å²) in [6, 6.07) is 16.1. The summed E-state index contributed by atoms with van der Waals surface area (Å²) in [7, 11) is 0. The second-order valence-corrected chi connectivity index (χ2v) is 8.90. The number of carbonyl (C=O) groups excluding carboxylic acids is 1. The topological polar surface area (TPSA) is 68.1 Å². The first kappa shape index (κ1) is 19.6. The van der Waals surface area contributed by atoms with E-state index in [0.29, 0.717) is 17.8 Å². The lowest BCUT2D eigenvalue weighted by atomic mass is 10.1. The molecule has 31 heavy (non-hydrogen) atoms. The van der Waals surface area contributed by atoms with Crippen LogP contribution >= 0.6 is 11.3 Å². The summed E-state index contributed by atoms with van der Waals surface area (Å²) < 4.78 is 2.04. The van der Waals surface area contributed by atoms with Gasteiger partial charge in [-0.3, -0.25) is 9.59 Å². The largest absolute Gasteiger partial charge is 0.310 e. The van der Waals surface area contributed by atoms with Crippen LogP contribution < -0.4 is 10.5 Å². The number of aryl methyl sites for hydroxylation is 2. The molecule has 7 heteroatoms. The molecule has 0 radical (unpaired) electrons. The Bertz CT molecular complexity index is 1350. The molecule has 1 aliphatic heterocycles. The zero-order valence-electron chi connectivity index (χ0n) is 17.5. The summed E-state index contributed by atoms with van der Waals surface area (Å²) in [5.41, 5.74) is 4.96. The van der Waals surface area contributed by atoms with E-state index in [4.69, 9.17) is 0 Å². The molecule has 156 valence electrons. The van der Waals surface area contributed by atoms with Crippen molar-refractivity contribution in [2.24, 2.45) is 0 Å². The Morgan fingerprint density at radius 2 is 1.90 bits per heavy atom. The molecule has 0 saturated carbocycles. The second kappa shape index (κ2) is 7.74. The van der Waals surface area contributed by atoms with Crippen molar-refractivity contribution in [2.45, 2.75) is 33.2 Å². The van der Waals surface area contributed by atoms with Crippen molar-refractivity contribution in [1.82, 2.24) is 14.8 Å². The molecule has 2 aromatic heterocycles. The quantitative estimate of drug-likeness (QED) is 0.491. The number of hydrogen-bond acceptors (Lipinski definition) is 5. The van der Waals surface area contributed by atoms with Gasteiger partial charge in [0.25, 0.3) is 5.56 Å². The SMILES string of the molecule is CCc1ccc(-c2nn(CC(=O)N3CCc4ccccc43)c(=O)c3nc(C)sc23)cc1. The number of nitrogens with zero attached hydrogens (tertiary/aromatic N) is 4. The van der Waals surface area contributed by atoms with Crippen molar-refractivity contribution in [3.05, 3.63) is 75.0 Å². The molecule has 6 nitrogen and oxygen atoms in total. The van der Waals surface area contributed by atoms with Crippen LogP contribution in [-0.2, 0) is 24.2 Å². The molecule has 0 fully saturated rings. The molecule has 4 aromatic rings. The van der Waals surface area contributed by atoms with E-state index >= 15 is 0 Å². The third kappa shape index (κ3) is 3.45. The minimum atomic E-state index is -0.325. The minimum Gasteiger partial charge on any atom is -0.310 e. The van der Waals surface area contributed by atoms with Crippen molar-refractivity contribution in [3.8, 4) is 11.3 Å². The van der Waals surface area contributed by atoms with Gasteiger partial charge in [0, 0.05) is 17.8 Å². The standard InChI is InChI=1S/C24H22N4O2S/c1-3-16-8-10-18(11-9-16)21-23-22(25-15(2)31-23)24(30)28(26-21)14-20(29)27-13-12-17-6-4-5-7-19(17)27/h4-11H,3,12-14H2,1-2H3. The van der Waals surface area contributed by atoms with Gasteiger partial charge in [0.1, 0.15) is 12.2 Å². The predicted octanol–water partition coefficient (Wildman–Crippen LogP) is 3.98. The normalized spacial score (nSPS) is 13.0. The van der Waals surface area contributed by atoms with Gasteiger partial charge >= 0.3 is 0 Å². The summed E-state index contributed by atoms with van der Waals surface area (Å²) in [4.78, 5) is 32.4. The number of amides is 1. The number of hydrogen-bond donors (Lipinski definition) is 0. The van der Waals surface area contributed by atoms with Gasteiger partial charge in [0.15, 0.2) is 5.52 Å². The smallest absolute Gasteiger partial charge is 0.294 e. The average Bonchev–Trinajstić information content (AvgIpc) is 3.39. The number of fused-ring (bicyclic) bond motifs is 2. The fraction of sp³-hybridized carbons (Fsp3) is 0.250. The van der Waals surface area contributed by atoms with E-state index in [1.165, 1.54) is 21.6 Å². The predicted molar refractivity (Wildman–Crippen MR) is 124 cm³/mol. The van der Waals surface area contributed by atoms with Gasteiger partial charge in [0.05, 0.1) is 9.71 Å². The monoisotopic (exact) mass is 430 g/mol. The fourth-order valence-corrected chi connectivity index (χ4v) is 4.99. The van der Waals surface area contributed by atoms with E-state index in [2.05, 4.69) is 29.1 Å². The van der Waals surface area contributed by atoms with Gasteiger partial charge in [-0.2, -0.15) is 5.10 Å². The number of anilines is 1. The Labute approximate surface area is 183 Å². The Morgan fingerprint density at radius 1 is 1.13 bits per heavy atom. The molecule has 1 amide bonds. The molecular weight excluding hydrogens is 408 g/mol. The molecule has 0 spiro atoms. The molecule has 0 unspecified atom stereocenters. The highest BCUT2D eigenvalue weighted by atomic mass is 32.1. The Balaban J connectivity index is 1.57. The lowest BCUT2D eigenvalue weighted by Gasteiger charge is -2.18. The van der Waals surface area contributed by atoms with Crippen molar-refractivity contribution >= 4 is 33.1 Å². The van der Waals surface area contributed by atoms with Crippen LogP contribution in [0.1, 0.15) is 23.1 Å². The van der Waals surface area contributed by atoms with Gasteiger partial charge < -0.3 is 4.90 Å². The first-order valence-corrected chi connectivity index (χ1v) is 11.2. The van der Waals surface area contributed by atoms with E-state index in [-0.39, 0.29) is 18.0 Å². The molecular formula is C24H22N4O2S. The highest BCUT2D eigenvalue weighted by molar-refractivity contribution is 7.19. The maximum absolute atomic E-state index is 13.1. The van der Waals surface area contributed by atoms with Crippen LogP contribution in [0.25, 0.3) is 21.5 Å². The number of aromatic nitrogens is 3. The molecule has 0 N–H and O–H groups in total. The van der Waals surface area contributed by atoms with Crippen LogP contribution in [-0.4, -0.2) is 27.2 Å². The Morgan fingerprint density at radius 3 is 2.68 bits per heavy atom. The number of para-hydroxylation sites is 1. The molecule has 0 aliphatic carbocycles. The summed E-state index contributed by atoms with van der Waals surface area (Å²) in [6.45, 7) is 4.50. The highest BCUT2D eigenvalue weighted by Gasteiger charge is 2.26. The number of benzene rings is 2. The number of carbonyl (C=O) groups is 1. The van der Waals surface area contributed by atoms with Gasteiger partial charge in [-0.1, -0.05) is 49.4 Å². The van der Waals surface area contributed by atoms with Crippen LogP contribution in [0, 0.1) is 6.92 Å². The lowest BCUT2D eigenvalue weighted by molar-refractivity contribution is -0.119. The van der Waals surface area contributed by atoms with Crippen molar-refractivity contribution in [3.63, 3.8) is 0 Å². The van der Waals surface area contributed by atoms with E-state index in [1.54, 1.807) is 4.90 Å². The van der Waals surface area contributed by atoms with Crippen molar-refractivity contribution in [1.29, 1.82) is 0 Å². The van der Waals surface area contributed by atoms with Gasteiger partial charge in [-0.25, -0.2) is 9.67 Å². The first-order valence-electron chi connectivity index (χ1n) is 10.4. The molecule has 2 aromatic carbocycles. The van der Waals surface area contributed by atoms with Crippen LogP contribution in [0.4, 0.5) is 5.69 Å². The summed E-state index contributed by atoms with van der Waals surface area (Å²) in [5.74, 6) is -0.141. The van der Waals surface area contributed by atoms with Crippen molar-refractivity contribution < 1.29 is 4.79 Å². The summed E-state index contributed by atoms with van der Waals surface area (Å²) in [5, 5.41) is 5.44. The van der Waals surface area contributed by atoms with Gasteiger partial charge in [-0.05, 0) is 37.0 Å². The second-order valence-electron chi connectivity index (χ2n) is 7.70. The van der Waals surface area contributed by atoms with Crippen molar-refractivity contribution in [2.75, 3.05) is 11.4 Å². The molecule has 0 atom stereocenters. The number of rotatable bonds is 4. The van der Waals surface area contributed by atoms with E-state index in [1.807, 2.05) is 43.3 Å². The molecule has 0 bridgehead atoms. The molecule has 0 saturated heterocycles. The molecule has 1 aliphatic rings. The van der Waals surface area contributed by atoms with Crippen LogP contribution in [0.2, 0.25) is 0 Å². The zero-order chi connectivity index (χ0) is 21.5. The lowest BCUT2D eigenvalue weighted by Crippen LogP contribution is -2.36. The van der Waals surface area contributed by atoms with E-state index in [9.17, 15) is 9.59 Å². The first-order chi connectivity index (χ1) is 15.0.